The minimum absolute atomic E-state index is 0.0883. The maximum atomic E-state index is 14.0. The van der Waals surface area contributed by atoms with Crippen molar-refractivity contribution in [1.82, 2.24) is 9.80 Å². The molecule has 8 heteroatoms. The second kappa shape index (κ2) is 12.0. The number of aliphatic hydroxyl groups excluding tert-OH is 1. The van der Waals surface area contributed by atoms with Gasteiger partial charge in [-0.05, 0) is 45.4 Å². The van der Waals surface area contributed by atoms with E-state index in [0.717, 1.165) is 44.9 Å². The number of allylic oxidation sites excluding steroid dienone is 1. The van der Waals surface area contributed by atoms with Crippen LogP contribution in [0.1, 0.15) is 65.2 Å². The van der Waals surface area contributed by atoms with E-state index in [1.54, 1.807) is 27.6 Å². The highest BCUT2D eigenvalue weighted by Gasteiger charge is 2.77. The number of nitrogens with zero attached hydrogens (tertiary/aromatic N) is 2. The number of likely N-dealkylation sites (tertiary alicyclic amines) is 1. The van der Waals surface area contributed by atoms with Gasteiger partial charge in [0.05, 0.1) is 29.8 Å². The van der Waals surface area contributed by atoms with Crippen LogP contribution >= 0.6 is 11.8 Å². The Hall–Kier alpha value is -1.80. The van der Waals surface area contributed by atoms with E-state index in [1.807, 2.05) is 13.0 Å². The molecule has 196 valence electrons. The van der Waals surface area contributed by atoms with Crippen LogP contribution in [-0.2, 0) is 19.1 Å². The second-order valence-corrected chi connectivity index (χ2v) is 12.1. The number of rotatable bonds is 15. The van der Waals surface area contributed by atoms with Gasteiger partial charge in [0.15, 0.2) is 0 Å². The Morgan fingerprint density at radius 2 is 2.00 bits per heavy atom. The van der Waals surface area contributed by atoms with E-state index in [1.165, 1.54) is 0 Å². The summed E-state index contributed by atoms with van der Waals surface area (Å²) in [5, 5.41) is 9.76. The molecule has 0 aliphatic carbocycles. The number of carbonyl (C=O) groups excluding carboxylic acids is 3. The Labute approximate surface area is 214 Å². The molecule has 35 heavy (non-hydrogen) atoms. The Balaban J connectivity index is 1.88. The Morgan fingerprint density at radius 1 is 1.23 bits per heavy atom. The van der Waals surface area contributed by atoms with Crippen LogP contribution < -0.4 is 0 Å². The molecule has 3 fully saturated rings. The third-order valence-electron chi connectivity index (χ3n) is 7.85. The number of ether oxygens (including phenoxy) is 1. The molecule has 1 spiro atoms. The number of hydrogen-bond acceptors (Lipinski definition) is 6. The molecule has 3 saturated heterocycles. The lowest BCUT2D eigenvalue weighted by Gasteiger charge is -2.37. The molecule has 3 aliphatic heterocycles. The van der Waals surface area contributed by atoms with Crippen LogP contribution in [0.25, 0.3) is 0 Å². The van der Waals surface area contributed by atoms with Crippen molar-refractivity contribution in [2.45, 2.75) is 80.7 Å². The number of carbonyl (C=O) groups is 3. The van der Waals surface area contributed by atoms with Crippen molar-refractivity contribution in [3.8, 4) is 0 Å². The average molecular weight is 507 g/mol. The Bertz CT molecular complexity index is 819. The van der Waals surface area contributed by atoms with Crippen LogP contribution in [0.15, 0.2) is 25.3 Å². The summed E-state index contributed by atoms with van der Waals surface area (Å²) in [6, 6.07) is -0.689. The van der Waals surface area contributed by atoms with Gasteiger partial charge in [0, 0.05) is 24.4 Å². The molecule has 7 nitrogen and oxygen atoms in total. The first-order chi connectivity index (χ1) is 16.8. The van der Waals surface area contributed by atoms with Gasteiger partial charge in [0.1, 0.15) is 6.04 Å². The zero-order valence-corrected chi connectivity index (χ0v) is 22.2. The molecule has 3 heterocycles. The summed E-state index contributed by atoms with van der Waals surface area (Å²) in [6.45, 7) is 12.9. The lowest BCUT2D eigenvalue weighted by atomic mass is 9.66. The largest absolute Gasteiger partial charge is 0.465 e. The summed E-state index contributed by atoms with van der Waals surface area (Å²) < 4.78 is 4.56. The molecule has 0 aromatic heterocycles. The lowest BCUT2D eigenvalue weighted by molar-refractivity contribution is -0.155. The number of β-amino-alcohol motifs (C(OH)–C–C–N with tert-alkyl or cyclic N) is 1. The van der Waals surface area contributed by atoms with Crippen molar-refractivity contribution >= 4 is 29.5 Å². The lowest BCUT2D eigenvalue weighted by Crippen LogP contribution is -2.55. The van der Waals surface area contributed by atoms with E-state index in [0.29, 0.717) is 26.1 Å². The molecule has 0 saturated carbocycles. The number of thioether (sulfide) groups is 1. The van der Waals surface area contributed by atoms with Crippen molar-refractivity contribution in [3.05, 3.63) is 25.3 Å². The smallest absolute Gasteiger partial charge is 0.311 e. The fourth-order valence-electron chi connectivity index (χ4n) is 6.24. The fraction of sp³-hybridized carbons (Fsp3) is 0.741. The van der Waals surface area contributed by atoms with Crippen molar-refractivity contribution in [2.75, 3.05) is 32.8 Å². The van der Waals surface area contributed by atoms with Crippen LogP contribution in [-0.4, -0.2) is 81.1 Å². The van der Waals surface area contributed by atoms with Gasteiger partial charge in [0.2, 0.25) is 11.8 Å². The summed E-state index contributed by atoms with van der Waals surface area (Å²) in [7, 11) is 0. The molecular formula is C27H42N2O5S. The highest BCUT2D eigenvalue weighted by Crippen LogP contribution is 2.71. The number of amides is 2. The van der Waals surface area contributed by atoms with Crippen molar-refractivity contribution < 1.29 is 24.2 Å². The van der Waals surface area contributed by atoms with E-state index >= 15 is 0 Å². The Kier molecular flexibility index (Phi) is 9.49. The number of fused-ring (bicyclic) bond motifs is 1. The van der Waals surface area contributed by atoms with Gasteiger partial charge in [-0.15, -0.1) is 24.9 Å². The maximum absolute atomic E-state index is 14.0. The SMILES string of the molecule is C=CCCCCOC(=O)[C@@H]1[C@H]2C(=O)N(CCO)C(C(=O)N(CC=C)CCCCC)C23CC[C@@]1(C)S3. The number of unbranched alkanes of at least 4 members (excludes halogenated alkanes) is 4. The van der Waals surface area contributed by atoms with E-state index in [9.17, 15) is 19.5 Å². The van der Waals surface area contributed by atoms with Crippen LogP contribution in [0.4, 0.5) is 0 Å². The van der Waals surface area contributed by atoms with Gasteiger partial charge in [-0.2, -0.15) is 0 Å². The summed E-state index contributed by atoms with van der Waals surface area (Å²) in [5.74, 6) is -1.82. The molecule has 2 unspecified atom stereocenters. The molecule has 0 radical (unpaired) electrons. The molecule has 0 aromatic carbocycles. The molecule has 2 bridgehead atoms. The van der Waals surface area contributed by atoms with Crippen molar-refractivity contribution in [2.24, 2.45) is 11.8 Å². The van der Waals surface area contributed by atoms with Crippen LogP contribution in [0.3, 0.4) is 0 Å². The van der Waals surface area contributed by atoms with Gasteiger partial charge in [-0.3, -0.25) is 14.4 Å². The van der Waals surface area contributed by atoms with Crippen LogP contribution in [0.5, 0.6) is 0 Å². The summed E-state index contributed by atoms with van der Waals surface area (Å²) >= 11 is 1.64. The van der Waals surface area contributed by atoms with E-state index < -0.39 is 27.4 Å². The molecule has 1 N–H and O–H groups in total. The highest BCUT2D eigenvalue weighted by atomic mass is 32.2. The average Bonchev–Trinajstić information content (AvgIpc) is 3.39. The standard InChI is InChI=1S/C27H42N2O5S/c1-5-8-10-12-19-34-25(33)21-20-23(31)29(17-18-30)22(27(20)14-13-26(21,4)35-27)24(32)28(15-7-3)16-11-9-6-2/h5,7,20-22,30H,1,3,6,8-19H2,2,4H3/t20-,21-,22?,26+,27?/m0/s1. The first kappa shape index (κ1) is 27.8. The minimum atomic E-state index is -0.689. The first-order valence-corrected chi connectivity index (χ1v) is 13.9. The van der Waals surface area contributed by atoms with Gasteiger partial charge in [0.25, 0.3) is 0 Å². The topological polar surface area (TPSA) is 87.1 Å². The second-order valence-electron chi connectivity index (χ2n) is 10.2. The number of esters is 1. The molecule has 2 amide bonds. The zero-order valence-electron chi connectivity index (χ0n) is 21.4. The van der Waals surface area contributed by atoms with Gasteiger partial charge < -0.3 is 19.6 Å². The van der Waals surface area contributed by atoms with E-state index in [-0.39, 0.29) is 30.9 Å². The monoisotopic (exact) mass is 506 g/mol. The zero-order chi connectivity index (χ0) is 25.6. The fourth-order valence-corrected chi connectivity index (χ4v) is 8.58. The Morgan fingerprint density at radius 3 is 2.66 bits per heavy atom. The summed E-state index contributed by atoms with van der Waals surface area (Å²) in [5.41, 5.74) is 0. The molecule has 0 aromatic rings. The van der Waals surface area contributed by atoms with Gasteiger partial charge in [-0.25, -0.2) is 0 Å². The van der Waals surface area contributed by atoms with Gasteiger partial charge in [-0.1, -0.05) is 31.9 Å². The summed E-state index contributed by atoms with van der Waals surface area (Å²) in [4.78, 5) is 44.5. The van der Waals surface area contributed by atoms with Crippen LogP contribution in [0.2, 0.25) is 0 Å². The minimum Gasteiger partial charge on any atom is -0.465 e. The van der Waals surface area contributed by atoms with Crippen LogP contribution in [0, 0.1) is 11.8 Å². The quantitative estimate of drug-likeness (QED) is 0.208. The van der Waals surface area contributed by atoms with Crippen molar-refractivity contribution in [1.29, 1.82) is 0 Å². The summed E-state index contributed by atoms with van der Waals surface area (Å²) in [6.07, 6.45) is 10.5. The molecular weight excluding hydrogens is 464 g/mol. The van der Waals surface area contributed by atoms with E-state index in [2.05, 4.69) is 20.1 Å². The van der Waals surface area contributed by atoms with Gasteiger partial charge >= 0.3 is 5.97 Å². The predicted molar refractivity (Wildman–Crippen MR) is 139 cm³/mol. The first-order valence-electron chi connectivity index (χ1n) is 13.1. The molecule has 5 atom stereocenters. The molecule has 3 rings (SSSR count). The van der Waals surface area contributed by atoms with E-state index in [4.69, 9.17) is 4.74 Å². The maximum Gasteiger partial charge on any atom is 0.311 e. The van der Waals surface area contributed by atoms with Crippen molar-refractivity contribution in [3.63, 3.8) is 0 Å². The number of aliphatic hydroxyl groups is 1. The normalized spacial score (nSPS) is 30.9. The molecule has 3 aliphatic rings. The number of hydrogen-bond donors (Lipinski definition) is 1. The highest BCUT2D eigenvalue weighted by molar-refractivity contribution is 8.02. The third-order valence-corrected chi connectivity index (χ3v) is 9.83. The predicted octanol–water partition coefficient (Wildman–Crippen LogP) is 3.56. The third kappa shape index (κ3) is 5.19.